The third-order valence-electron chi connectivity index (χ3n) is 3.06. The Labute approximate surface area is 109 Å². The molecule has 0 spiro atoms. The van der Waals surface area contributed by atoms with Gasteiger partial charge in [0.25, 0.3) is 0 Å². The number of hydrogen-bond donors (Lipinski definition) is 1. The zero-order valence-electron chi connectivity index (χ0n) is 10.2. The Morgan fingerprint density at radius 3 is 3.11 bits per heavy atom. The van der Waals surface area contributed by atoms with Crippen LogP contribution in [0.25, 0.3) is 0 Å². The molecule has 2 heterocycles. The number of carbonyl (C=O) groups is 1. The predicted molar refractivity (Wildman–Crippen MR) is 68.6 cm³/mol. The van der Waals surface area contributed by atoms with Crippen molar-refractivity contribution in [1.82, 2.24) is 14.8 Å². The number of aliphatic imine (C=N–C) groups is 1. The van der Waals surface area contributed by atoms with Crippen LogP contribution in [0.2, 0.25) is 0 Å². The van der Waals surface area contributed by atoms with E-state index in [1.54, 1.807) is 17.2 Å². The van der Waals surface area contributed by atoms with Crippen LogP contribution in [0.4, 0.5) is 0 Å². The maximum atomic E-state index is 10.8. The molecule has 1 N–H and O–H groups in total. The monoisotopic (exact) mass is 256 g/mol. The van der Waals surface area contributed by atoms with Crippen molar-refractivity contribution >= 4 is 12.2 Å². The highest BCUT2D eigenvalue weighted by Crippen LogP contribution is 2.31. The number of aromatic nitrogens is 3. The van der Waals surface area contributed by atoms with E-state index in [1.165, 1.54) is 6.33 Å². The quantitative estimate of drug-likeness (QED) is 0.881. The Morgan fingerprint density at radius 1 is 1.47 bits per heavy atom. The smallest absolute Gasteiger partial charge is 0.307 e. The molecule has 0 unspecified atom stereocenters. The summed E-state index contributed by atoms with van der Waals surface area (Å²) >= 11 is 0. The molecule has 1 aliphatic heterocycles. The molecular formula is C13H12N4O2. The van der Waals surface area contributed by atoms with E-state index in [2.05, 4.69) is 15.1 Å². The molecule has 6 heteroatoms. The molecule has 0 radical (unpaired) electrons. The first kappa shape index (κ1) is 11.6. The maximum absolute atomic E-state index is 10.8. The second-order valence-corrected chi connectivity index (χ2v) is 4.46. The molecule has 0 amide bonds. The van der Waals surface area contributed by atoms with Gasteiger partial charge in [0, 0.05) is 11.8 Å². The number of hydrogen-bond acceptors (Lipinski definition) is 4. The fraction of sp³-hybridized carbons (Fsp3) is 0.231. The number of carboxylic acids is 1. The minimum atomic E-state index is -0.841. The lowest BCUT2D eigenvalue weighted by Crippen LogP contribution is -2.05. The van der Waals surface area contributed by atoms with Crippen molar-refractivity contribution in [3.05, 3.63) is 47.2 Å². The Hall–Kier alpha value is -2.50. The van der Waals surface area contributed by atoms with Crippen molar-refractivity contribution < 1.29 is 9.90 Å². The lowest BCUT2D eigenvalue weighted by atomic mass is 9.96. The van der Waals surface area contributed by atoms with E-state index in [9.17, 15) is 4.79 Å². The van der Waals surface area contributed by atoms with Gasteiger partial charge in [-0.2, -0.15) is 5.10 Å². The van der Waals surface area contributed by atoms with Gasteiger partial charge >= 0.3 is 5.97 Å². The second-order valence-electron chi connectivity index (χ2n) is 4.46. The predicted octanol–water partition coefficient (Wildman–Crippen LogP) is 1.35. The van der Waals surface area contributed by atoms with Gasteiger partial charge in [0.1, 0.15) is 12.7 Å². The second kappa shape index (κ2) is 4.64. The average molecular weight is 256 g/mol. The summed E-state index contributed by atoms with van der Waals surface area (Å²) in [7, 11) is 0. The molecule has 19 heavy (non-hydrogen) atoms. The van der Waals surface area contributed by atoms with Crippen molar-refractivity contribution in [3.63, 3.8) is 0 Å². The van der Waals surface area contributed by atoms with Gasteiger partial charge in [-0.3, -0.25) is 9.79 Å². The summed E-state index contributed by atoms with van der Waals surface area (Å²) in [4.78, 5) is 19.0. The lowest BCUT2D eigenvalue weighted by molar-refractivity contribution is -0.136. The van der Waals surface area contributed by atoms with Crippen LogP contribution in [0, 0.1) is 0 Å². The molecule has 0 fully saturated rings. The summed E-state index contributed by atoms with van der Waals surface area (Å²) < 4.78 is 1.75. The van der Waals surface area contributed by atoms with E-state index in [-0.39, 0.29) is 6.42 Å². The third-order valence-corrected chi connectivity index (χ3v) is 3.06. The molecule has 3 rings (SSSR count). The van der Waals surface area contributed by atoms with Crippen molar-refractivity contribution in [2.45, 2.75) is 19.4 Å². The molecule has 0 saturated heterocycles. The molecular weight excluding hydrogens is 244 g/mol. The number of carboxylic acid groups (broad SMARTS) is 1. The summed E-state index contributed by atoms with van der Waals surface area (Å²) in [5.41, 5.74) is 3.72. The Bertz CT molecular complexity index is 636. The van der Waals surface area contributed by atoms with E-state index in [0.717, 1.165) is 28.8 Å². The van der Waals surface area contributed by atoms with Crippen LogP contribution in [0.15, 0.2) is 52.2 Å². The van der Waals surface area contributed by atoms with E-state index < -0.39 is 5.97 Å². The van der Waals surface area contributed by atoms with E-state index in [1.807, 2.05) is 12.2 Å². The molecule has 96 valence electrons. The van der Waals surface area contributed by atoms with Gasteiger partial charge in [0.05, 0.1) is 18.7 Å². The van der Waals surface area contributed by atoms with Crippen molar-refractivity contribution in [3.8, 4) is 0 Å². The van der Waals surface area contributed by atoms with Gasteiger partial charge in [-0.1, -0.05) is 12.2 Å². The number of fused-ring (bicyclic) bond motifs is 1. The summed E-state index contributed by atoms with van der Waals surface area (Å²) in [6.07, 6.45) is 9.65. The minimum absolute atomic E-state index is 0.00325. The van der Waals surface area contributed by atoms with Crippen LogP contribution in [-0.4, -0.2) is 32.1 Å². The molecule has 6 nitrogen and oxygen atoms in total. The Kier molecular flexibility index (Phi) is 2.83. The number of allylic oxidation sites excluding steroid dienone is 3. The van der Waals surface area contributed by atoms with Crippen molar-refractivity contribution in [2.75, 3.05) is 0 Å². The van der Waals surface area contributed by atoms with Gasteiger partial charge < -0.3 is 5.11 Å². The molecule has 0 aromatic carbocycles. The van der Waals surface area contributed by atoms with Crippen LogP contribution in [0.5, 0.6) is 0 Å². The largest absolute Gasteiger partial charge is 0.481 e. The SMILES string of the molecule is O=C(O)CC1=C2C=C(Cn3cncn3)CC=C2N=C1. The average Bonchev–Trinajstić information content (AvgIpc) is 3.00. The summed E-state index contributed by atoms with van der Waals surface area (Å²) in [6, 6.07) is 0. The zero-order chi connectivity index (χ0) is 13.2. The Balaban J connectivity index is 1.85. The third kappa shape index (κ3) is 2.37. The summed E-state index contributed by atoms with van der Waals surface area (Å²) in [5.74, 6) is -0.841. The topological polar surface area (TPSA) is 80.4 Å². The van der Waals surface area contributed by atoms with Gasteiger partial charge in [-0.25, -0.2) is 9.67 Å². The molecule has 0 saturated carbocycles. The van der Waals surface area contributed by atoms with Crippen molar-refractivity contribution in [1.29, 1.82) is 0 Å². The van der Waals surface area contributed by atoms with Crippen molar-refractivity contribution in [2.24, 2.45) is 4.99 Å². The van der Waals surface area contributed by atoms with Crippen LogP contribution < -0.4 is 0 Å². The summed E-state index contributed by atoms with van der Waals surface area (Å²) in [5, 5.41) is 12.9. The highest BCUT2D eigenvalue weighted by Gasteiger charge is 2.19. The first-order valence-electron chi connectivity index (χ1n) is 5.94. The fourth-order valence-corrected chi connectivity index (χ4v) is 2.21. The first-order valence-corrected chi connectivity index (χ1v) is 5.94. The number of aliphatic carboxylic acids is 1. The standard InChI is InChI=1S/C13H12N4O2/c18-13(19)4-10-5-15-12-2-1-9(3-11(10)12)6-17-8-14-7-16-17/h2-3,5,7-8H,1,4,6H2,(H,18,19). The van der Waals surface area contributed by atoms with Crippen LogP contribution in [0.1, 0.15) is 12.8 Å². The zero-order valence-corrected chi connectivity index (χ0v) is 10.2. The normalized spacial score (nSPS) is 17.3. The van der Waals surface area contributed by atoms with E-state index >= 15 is 0 Å². The van der Waals surface area contributed by atoms with Crippen LogP contribution in [-0.2, 0) is 11.3 Å². The molecule has 1 aromatic heterocycles. The molecule has 1 aliphatic carbocycles. The fourth-order valence-electron chi connectivity index (χ4n) is 2.21. The van der Waals surface area contributed by atoms with Crippen LogP contribution in [0.3, 0.4) is 0 Å². The van der Waals surface area contributed by atoms with Gasteiger partial charge in [0.15, 0.2) is 0 Å². The highest BCUT2D eigenvalue weighted by molar-refractivity contribution is 5.93. The Morgan fingerprint density at radius 2 is 2.37 bits per heavy atom. The molecule has 2 aliphatic rings. The maximum Gasteiger partial charge on any atom is 0.307 e. The highest BCUT2D eigenvalue weighted by atomic mass is 16.4. The lowest BCUT2D eigenvalue weighted by Gasteiger charge is -2.13. The van der Waals surface area contributed by atoms with Gasteiger partial charge in [0.2, 0.25) is 0 Å². The number of rotatable bonds is 4. The first-order chi connectivity index (χ1) is 9.22. The van der Waals surface area contributed by atoms with Gasteiger partial charge in [-0.15, -0.1) is 0 Å². The van der Waals surface area contributed by atoms with Crippen LogP contribution >= 0.6 is 0 Å². The molecule has 0 atom stereocenters. The van der Waals surface area contributed by atoms with E-state index in [4.69, 9.17) is 5.11 Å². The minimum Gasteiger partial charge on any atom is -0.481 e. The van der Waals surface area contributed by atoms with Gasteiger partial charge in [-0.05, 0) is 17.6 Å². The van der Waals surface area contributed by atoms with E-state index in [0.29, 0.717) is 6.54 Å². The molecule has 0 bridgehead atoms. The number of nitrogens with zero attached hydrogens (tertiary/aromatic N) is 4. The molecule has 1 aromatic rings. The summed E-state index contributed by atoms with van der Waals surface area (Å²) in [6.45, 7) is 0.660.